The second kappa shape index (κ2) is 12.7. The quantitative estimate of drug-likeness (QED) is 0.152. The number of para-hydroxylation sites is 1. The standard InChI is InChI=1S/C32H33F7N2O3/c1-21(24-17-25(31(34,35)36)19-26(18-24)32(37,38)39)44-30-29(22-7-9-27(33)10-8-22)23(11-16-43-30)20-41(42)14-12-40(13-15-41)28-5-3-2-4-6-28/h2-10,17-19,21,23,29-30H,11-16,20H2,1H3/t21-,23+,29+,30-/m1/s1. The first kappa shape index (κ1) is 32.2. The highest BCUT2D eigenvalue weighted by molar-refractivity contribution is 5.46. The number of alkyl halides is 6. The molecule has 2 saturated heterocycles. The Bertz CT molecular complexity index is 1360. The van der Waals surface area contributed by atoms with E-state index >= 15 is 0 Å². The van der Waals surface area contributed by atoms with Crippen molar-refractivity contribution in [2.45, 2.75) is 44.0 Å². The minimum Gasteiger partial charge on any atom is -0.633 e. The molecule has 0 radical (unpaired) electrons. The SMILES string of the molecule is C[C@@H](O[C@H]1OCC[C@@H](C[N+]2([O-])CCN(c3ccccc3)CC2)[C@@H]1c1ccc(F)cc1)c1cc(C(F)(F)F)cc(C(F)(F)F)c1. The van der Waals surface area contributed by atoms with Crippen LogP contribution in [-0.4, -0.2) is 50.3 Å². The molecule has 0 aromatic heterocycles. The smallest absolute Gasteiger partial charge is 0.416 e. The lowest BCUT2D eigenvalue weighted by Gasteiger charge is -2.52. The molecule has 0 bridgehead atoms. The van der Waals surface area contributed by atoms with Crippen LogP contribution in [0.1, 0.15) is 47.6 Å². The fourth-order valence-electron chi connectivity index (χ4n) is 6.11. The van der Waals surface area contributed by atoms with Crippen LogP contribution in [0.5, 0.6) is 0 Å². The Morgan fingerprint density at radius 3 is 2.07 bits per heavy atom. The van der Waals surface area contributed by atoms with Gasteiger partial charge >= 0.3 is 12.4 Å². The summed E-state index contributed by atoms with van der Waals surface area (Å²) in [6.07, 6.45) is -11.9. The molecule has 238 valence electrons. The summed E-state index contributed by atoms with van der Waals surface area (Å²) in [4.78, 5) is 2.15. The van der Waals surface area contributed by atoms with Crippen LogP contribution in [0.4, 0.5) is 36.4 Å². The Labute approximate surface area is 251 Å². The van der Waals surface area contributed by atoms with E-state index in [0.29, 0.717) is 50.3 Å². The highest BCUT2D eigenvalue weighted by Crippen LogP contribution is 2.42. The number of piperazine rings is 1. The van der Waals surface area contributed by atoms with Crippen LogP contribution in [0.25, 0.3) is 0 Å². The molecule has 44 heavy (non-hydrogen) atoms. The molecular weight excluding hydrogens is 593 g/mol. The second-order valence-electron chi connectivity index (χ2n) is 11.5. The van der Waals surface area contributed by atoms with Crippen molar-refractivity contribution >= 4 is 5.69 Å². The van der Waals surface area contributed by atoms with E-state index in [1.807, 2.05) is 30.3 Å². The minimum absolute atomic E-state index is 0.0688. The predicted octanol–water partition coefficient (Wildman–Crippen LogP) is 7.92. The molecule has 2 aliphatic rings. The van der Waals surface area contributed by atoms with Gasteiger partial charge in [0.05, 0.1) is 56.6 Å². The molecule has 0 aliphatic carbocycles. The summed E-state index contributed by atoms with van der Waals surface area (Å²) in [6, 6.07) is 16.7. The summed E-state index contributed by atoms with van der Waals surface area (Å²) in [6.45, 7) is 3.48. The summed E-state index contributed by atoms with van der Waals surface area (Å²) in [7, 11) is 0. The van der Waals surface area contributed by atoms with Gasteiger partial charge < -0.3 is 24.2 Å². The highest BCUT2D eigenvalue weighted by atomic mass is 19.4. The third kappa shape index (κ3) is 7.53. The fraction of sp³-hybridized carbons (Fsp3) is 0.438. The predicted molar refractivity (Wildman–Crippen MR) is 150 cm³/mol. The van der Waals surface area contributed by atoms with E-state index in [4.69, 9.17) is 9.47 Å². The first-order valence-corrected chi connectivity index (χ1v) is 14.4. The van der Waals surface area contributed by atoms with Crippen LogP contribution in [0.2, 0.25) is 0 Å². The molecule has 4 atom stereocenters. The van der Waals surface area contributed by atoms with Crippen molar-refractivity contribution < 1.29 is 44.9 Å². The van der Waals surface area contributed by atoms with Gasteiger partial charge in [0.1, 0.15) is 5.82 Å². The number of hydrogen-bond acceptors (Lipinski definition) is 4. The second-order valence-corrected chi connectivity index (χ2v) is 11.5. The zero-order valence-corrected chi connectivity index (χ0v) is 24.0. The molecule has 2 aliphatic heterocycles. The molecule has 2 heterocycles. The zero-order valence-electron chi connectivity index (χ0n) is 24.0. The molecule has 0 N–H and O–H groups in total. The molecule has 3 aromatic carbocycles. The highest BCUT2D eigenvalue weighted by Gasteiger charge is 2.42. The largest absolute Gasteiger partial charge is 0.633 e. The maximum absolute atomic E-state index is 14.0. The zero-order chi connectivity index (χ0) is 31.7. The van der Waals surface area contributed by atoms with Crippen molar-refractivity contribution in [3.63, 3.8) is 0 Å². The first-order chi connectivity index (χ1) is 20.7. The monoisotopic (exact) mass is 626 g/mol. The van der Waals surface area contributed by atoms with Crippen LogP contribution >= 0.6 is 0 Å². The molecule has 0 spiro atoms. The summed E-state index contributed by atoms with van der Waals surface area (Å²) < 4.78 is 106. The van der Waals surface area contributed by atoms with E-state index < -0.39 is 52.3 Å². The molecule has 5 nitrogen and oxygen atoms in total. The van der Waals surface area contributed by atoms with Crippen molar-refractivity contribution in [3.8, 4) is 0 Å². The fourth-order valence-corrected chi connectivity index (χ4v) is 6.11. The molecule has 0 amide bonds. The van der Waals surface area contributed by atoms with E-state index in [1.165, 1.54) is 31.2 Å². The van der Waals surface area contributed by atoms with E-state index in [-0.39, 0.29) is 30.7 Å². The van der Waals surface area contributed by atoms with Gasteiger partial charge in [-0.2, -0.15) is 26.3 Å². The Balaban J connectivity index is 1.39. The van der Waals surface area contributed by atoms with Crippen LogP contribution in [-0.2, 0) is 21.8 Å². The van der Waals surface area contributed by atoms with Crippen LogP contribution < -0.4 is 4.90 Å². The number of ether oxygens (including phenoxy) is 2. The first-order valence-electron chi connectivity index (χ1n) is 14.4. The van der Waals surface area contributed by atoms with Gasteiger partial charge in [-0.15, -0.1) is 0 Å². The summed E-state index contributed by atoms with van der Waals surface area (Å²) in [5.74, 6) is -1.41. The molecule has 0 saturated carbocycles. The van der Waals surface area contributed by atoms with Gasteiger partial charge in [0.15, 0.2) is 6.29 Å². The summed E-state index contributed by atoms with van der Waals surface area (Å²) >= 11 is 0. The molecule has 2 fully saturated rings. The van der Waals surface area contributed by atoms with Gasteiger partial charge in [-0.05, 0) is 66.9 Å². The van der Waals surface area contributed by atoms with Crippen LogP contribution in [0.15, 0.2) is 72.8 Å². The van der Waals surface area contributed by atoms with Gasteiger partial charge in [0.25, 0.3) is 0 Å². The van der Waals surface area contributed by atoms with Crippen molar-refractivity contribution in [2.24, 2.45) is 5.92 Å². The van der Waals surface area contributed by atoms with E-state index in [9.17, 15) is 35.9 Å². The molecule has 5 rings (SSSR count). The molecule has 3 aromatic rings. The van der Waals surface area contributed by atoms with Gasteiger partial charge in [-0.1, -0.05) is 30.3 Å². The number of nitrogens with zero attached hydrogens (tertiary/aromatic N) is 2. The van der Waals surface area contributed by atoms with Gasteiger partial charge in [0, 0.05) is 17.5 Å². The van der Waals surface area contributed by atoms with Crippen LogP contribution in [0, 0.1) is 16.9 Å². The lowest BCUT2D eigenvalue weighted by Crippen LogP contribution is -2.59. The molecule has 12 heteroatoms. The molecule has 0 unspecified atom stereocenters. The minimum atomic E-state index is -5.00. The third-order valence-electron chi connectivity index (χ3n) is 8.49. The lowest BCUT2D eigenvalue weighted by atomic mass is 9.81. The van der Waals surface area contributed by atoms with Crippen molar-refractivity contribution in [3.05, 3.63) is 106 Å². The maximum atomic E-state index is 14.0. The topological polar surface area (TPSA) is 44.8 Å². The Morgan fingerprint density at radius 2 is 1.50 bits per heavy atom. The number of benzene rings is 3. The number of hydroxylamine groups is 3. The lowest BCUT2D eigenvalue weighted by molar-refractivity contribution is -0.885. The van der Waals surface area contributed by atoms with Crippen molar-refractivity contribution in [1.82, 2.24) is 0 Å². The summed E-state index contributed by atoms with van der Waals surface area (Å²) in [5, 5.41) is 14.0. The third-order valence-corrected chi connectivity index (χ3v) is 8.49. The Kier molecular flexibility index (Phi) is 9.27. The van der Waals surface area contributed by atoms with Gasteiger partial charge in [-0.3, -0.25) is 0 Å². The van der Waals surface area contributed by atoms with Crippen molar-refractivity contribution in [1.29, 1.82) is 0 Å². The van der Waals surface area contributed by atoms with E-state index in [0.717, 1.165) is 5.69 Å². The van der Waals surface area contributed by atoms with Crippen LogP contribution in [0.3, 0.4) is 0 Å². The average molecular weight is 627 g/mol. The van der Waals surface area contributed by atoms with E-state index in [2.05, 4.69) is 4.90 Å². The normalized spacial score (nSPS) is 23.4. The number of rotatable bonds is 7. The average Bonchev–Trinajstić information content (AvgIpc) is 2.97. The number of anilines is 1. The van der Waals surface area contributed by atoms with Crippen molar-refractivity contribution in [2.75, 3.05) is 44.2 Å². The molecular formula is C32H33F7N2O3. The maximum Gasteiger partial charge on any atom is 0.416 e. The number of halogens is 7. The Hall–Kier alpha value is -3.19. The Morgan fingerprint density at radius 1 is 0.909 bits per heavy atom. The van der Waals surface area contributed by atoms with Gasteiger partial charge in [0.2, 0.25) is 0 Å². The van der Waals surface area contributed by atoms with Gasteiger partial charge in [-0.25, -0.2) is 4.39 Å². The number of hydrogen-bond donors (Lipinski definition) is 0. The summed E-state index contributed by atoms with van der Waals surface area (Å²) in [5.41, 5.74) is -1.58. The number of quaternary nitrogens is 1. The van der Waals surface area contributed by atoms with E-state index in [1.54, 1.807) is 0 Å².